The number of pyridine rings is 1. The molecule has 7 nitrogen and oxygen atoms in total. The highest BCUT2D eigenvalue weighted by atomic mass is 32.2. The van der Waals surface area contributed by atoms with Crippen molar-refractivity contribution in [1.82, 2.24) is 20.1 Å². The van der Waals surface area contributed by atoms with Gasteiger partial charge < -0.3 is 20.3 Å². The largest absolute Gasteiger partial charge is 0.386 e. The minimum Gasteiger partial charge on any atom is -0.386 e. The molecule has 1 aromatic heterocycles. The Bertz CT molecular complexity index is 889. The molecule has 1 aromatic rings. The van der Waals surface area contributed by atoms with Gasteiger partial charge in [0.15, 0.2) is 0 Å². The molecule has 214 valence electrons. The Morgan fingerprint density at radius 3 is 2.84 bits per heavy atom. The first-order valence-corrected chi connectivity index (χ1v) is 15.2. The van der Waals surface area contributed by atoms with Gasteiger partial charge in [0.05, 0.1) is 18.5 Å². The molecular weight excluding hydrogens is 492 g/mol. The van der Waals surface area contributed by atoms with E-state index in [9.17, 15) is 0 Å². The molecule has 0 aliphatic carbocycles. The second kappa shape index (κ2) is 18.6. The quantitative estimate of drug-likeness (QED) is 0.151. The Morgan fingerprint density at radius 2 is 2.13 bits per heavy atom. The summed E-state index contributed by atoms with van der Waals surface area (Å²) in [7, 11) is 8.35. The van der Waals surface area contributed by atoms with Crippen LogP contribution < -0.4 is 10.6 Å². The molecule has 0 spiro atoms. The van der Waals surface area contributed by atoms with Crippen molar-refractivity contribution in [2.75, 3.05) is 59.0 Å². The van der Waals surface area contributed by atoms with Crippen molar-refractivity contribution in [1.29, 1.82) is 0 Å². The van der Waals surface area contributed by atoms with Gasteiger partial charge in [0.1, 0.15) is 0 Å². The monoisotopic (exact) mass is 544 g/mol. The molecule has 0 radical (unpaired) electrons. The number of rotatable bonds is 17. The molecule has 2 heterocycles. The standard InChI is InChI=1S/C30H52N6OS/c1-8-10-12-18-35(6)19-13-11-15-25(9-2)22-37-30-33-17-14-16-28(36(30)7)27(32-5)23-38-29-20-24(3)34-21-26(29)31-4/h9,11,13,17,20-21,27-28,30-32H,8,10,12,14-16,18-19,22-23H2,1-7H3. The van der Waals surface area contributed by atoms with E-state index in [0.29, 0.717) is 18.7 Å². The van der Waals surface area contributed by atoms with E-state index in [1.807, 2.05) is 38.1 Å². The van der Waals surface area contributed by atoms with E-state index >= 15 is 0 Å². The average Bonchev–Trinajstić information content (AvgIpc) is 3.10. The second-order valence-corrected chi connectivity index (χ2v) is 11.2. The number of hydrogen-bond acceptors (Lipinski definition) is 8. The summed E-state index contributed by atoms with van der Waals surface area (Å²) >= 11 is 1.87. The SMILES string of the molecule is CC=C(CC=CCN(C)CCCCC)COC1N=CCCC(C(CSc2cc(C)ncc2NC)NC)N1C. The van der Waals surface area contributed by atoms with Gasteiger partial charge in [0.25, 0.3) is 0 Å². The molecule has 0 saturated heterocycles. The zero-order chi connectivity index (χ0) is 27.8. The number of aliphatic imine (C=N–C) groups is 1. The number of hydrogen-bond donors (Lipinski definition) is 2. The number of aryl methyl sites for hydroxylation is 1. The van der Waals surface area contributed by atoms with Crippen molar-refractivity contribution < 1.29 is 4.74 Å². The summed E-state index contributed by atoms with van der Waals surface area (Å²) in [6.45, 7) is 9.14. The topological polar surface area (TPSA) is 65.0 Å². The van der Waals surface area contributed by atoms with Gasteiger partial charge in [-0.2, -0.15) is 0 Å². The second-order valence-electron chi connectivity index (χ2n) is 10.1. The summed E-state index contributed by atoms with van der Waals surface area (Å²) in [5.74, 6) is 0.953. The van der Waals surface area contributed by atoms with Crippen LogP contribution >= 0.6 is 11.8 Å². The Balaban J connectivity index is 1.90. The van der Waals surface area contributed by atoms with Crippen molar-refractivity contribution in [3.8, 4) is 0 Å². The summed E-state index contributed by atoms with van der Waals surface area (Å²) in [4.78, 5) is 15.1. The Morgan fingerprint density at radius 1 is 1.32 bits per heavy atom. The fourth-order valence-electron chi connectivity index (χ4n) is 4.59. The van der Waals surface area contributed by atoms with Crippen LogP contribution in [0.15, 0.2) is 46.0 Å². The molecule has 38 heavy (non-hydrogen) atoms. The Labute approximate surface area is 236 Å². The number of thioether (sulfide) groups is 1. The van der Waals surface area contributed by atoms with Crippen LogP contribution in [-0.2, 0) is 4.74 Å². The van der Waals surface area contributed by atoms with Crippen LogP contribution in [0.2, 0.25) is 0 Å². The minimum absolute atomic E-state index is 0.275. The van der Waals surface area contributed by atoms with E-state index in [4.69, 9.17) is 9.73 Å². The fraction of sp³-hybridized carbons (Fsp3) is 0.667. The van der Waals surface area contributed by atoms with Crippen molar-refractivity contribution in [3.63, 3.8) is 0 Å². The third-order valence-electron chi connectivity index (χ3n) is 7.15. The van der Waals surface area contributed by atoms with Crippen molar-refractivity contribution in [2.24, 2.45) is 4.99 Å². The van der Waals surface area contributed by atoms with Gasteiger partial charge in [-0.05, 0) is 78.9 Å². The maximum absolute atomic E-state index is 6.37. The van der Waals surface area contributed by atoms with Gasteiger partial charge in [-0.15, -0.1) is 11.8 Å². The van der Waals surface area contributed by atoms with E-state index in [1.165, 1.54) is 29.7 Å². The van der Waals surface area contributed by atoms with Crippen LogP contribution in [0, 0.1) is 6.92 Å². The molecular formula is C30H52N6OS. The highest BCUT2D eigenvalue weighted by Crippen LogP contribution is 2.29. The third-order valence-corrected chi connectivity index (χ3v) is 8.33. The van der Waals surface area contributed by atoms with Crippen LogP contribution in [0.3, 0.4) is 0 Å². The number of aromatic nitrogens is 1. The van der Waals surface area contributed by atoms with E-state index in [2.05, 4.69) is 84.7 Å². The predicted molar refractivity (Wildman–Crippen MR) is 166 cm³/mol. The first kappa shape index (κ1) is 32.5. The molecule has 2 rings (SSSR count). The normalized spacial score (nSPS) is 19.8. The van der Waals surface area contributed by atoms with Crippen LogP contribution in [0.4, 0.5) is 5.69 Å². The number of ether oxygens (including phenoxy) is 1. The number of unbranched alkanes of at least 4 members (excludes halogenated alkanes) is 2. The first-order valence-electron chi connectivity index (χ1n) is 14.2. The maximum Gasteiger partial charge on any atom is 0.206 e. The fourth-order valence-corrected chi connectivity index (χ4v) is 5.90. The molecule has 1 aliphatic heterocycles. The summed E-state index contributed by atoms with van der Waals surface area (Å²) < 4.78 is 6.37. The molecule has 0 amide bonds. The van der Waals surface area contributed by atoms with Gasteiger partial charge in [0.2, 0.25) is 6.35 Å². The van der Waals surface area contributed by atoms with E-state index < -0.39 is 0 Å². The summed E-state index contributed by atoms with van der Waals surface area (Å²) in [6, 6.07) is 2.78. The number of anilines is 1. The number of allylic oxidation sites excluding steroid dienone is 2. The number of nitrogens with one attached hydrogen (secondary N) is 2. The molecule has 0 fully saturated rings. The molecule has 0 bridgehead atoms. The van der Waals surface area contributed by atoms with Crippen molar-refractivity contribution in [3.05, 3.63) is 41.8 Å². The van der Waals surface area contributed by atoms with E-state index in [1.54, 1.807) is 0 Å². The zero-order valence-corrected chi connectivity index (χ0v) is 25.7. The first-order chi connectivity index (χ1) is 18.4. The van der Waals surface area contributed by atoms with Gasteiger partial charge in [-0.25, -0.2) is 0 Å². The zero-order valence-electron chi connectivity index (χ0n) is 24.9. The van der Waals surface area contributed by atoms with Crippen LogP contribution in [0.25, 0.3) is 0 Å². The van der Waals surface area contributed by atoms with Gasteiger partial charge >= 0.3 is 0 Å². The molecule has 8 heteroatoms. The lowest BCUT2D eigenvalue weighted by Crippen LogP contribution is -2.52. The maximum atomic E-state index is 6.37. The molecule has 1 aliphatic rings. The lowest BCUT2D eigenvalue weighted by Gasteiger charge is -2.36. The van der Waals surface area contributed by atoms with Crippen LogP contribution in [0.5, 0.6) is 0 Å². The van der Waals surface area contributed by atoms with E-state index in [0.717, 1.165) is 49.5 Å². The lowest BCUT2D eigenvalue weighted by molar-refractivity contribution is -0.0549. The highest BCUT2D eigenvalue weighted by Gasteiger charge is 2.30. The minimum atomic E-state index is -0.275. The summed E-state index contributed by atoms with van der Waals surface area (Å²) in [6.07, 6.45) is 17.2. The molecule has 0 aromatic carbocycles. The Kier molecular flexibility index (Phi) is 15.9. The number of nitrogens with zero attached hydrogens (tertiary/aromatic N) is 4. The van der Waals surface area contributed by atoms with Gasteiger partial charge in [-0.1, -0.05) is 38.0 Å². The van der Waals surface area contributed by atoms with Crippen LogP contribution in [-0.4, -0.2) is 93.1 Å². The molecule has 3 unspecified atom stereocenters. The number of likely N-dealkylation sites (N-methyl/N-ethyl adjacent to an activating group) is 3. The van der Waals surface area contributed by atoms with Gasteiger partial charge in [0, 0.05) is 48.2 Å². The van der Waals surface area contributed by atoms with Crippen LogP contribution in [0.1, 0.15) is 58.1 Å². The average molecular weight is 545 g/mol. The Hall–Kier alpha value is -1.71. The predicted octanol–water partition coefficient (Wildman–Crippen LogP) is 5.59. The smallest absolute Gasteiger partial charge is 0.206 e. The molecule has 2 N–H and O–H groups in total. The lowest BCUT2D eigenvalue weighted by atomic mass is 10.0. The summed E-state index contributed by atoms with van der Waals surface area (Å²) in [5, 5.41) is 6.84. The van der Waals surface area contributed by atoms with E-state index in [-0.39, 0.29) is 6.35 Å². The molecule has 0 saturated carbocycles. The van der Waals surface area contributed by atoms with Crippen molar-refractivity contribution in [2.45, 2.75) is 82.6 Å². The molecule has 3 atom stereocenters. The van der Waals surface area contributed by atoms with Gasteiger partial charge in [-0.3, -0.25) is 14.9 Å². The highest BCUT2D eigenvalue weighted by molar-refractivity contribution is 7.99. The van der Waals surface area contributed by atoms with Crippen molar-refractivity contribution >= 4 is 23.7 Å². The third kappa shape index (κ3) is 11.2. The summed E-state index contributed by atoms with van der Waals surface area (Å²) in [5.41, 5.74) is 3.40.